The van der Waals surface area contributed by atoms with Crippen molar-refractivity contribution in [3.05, 3.63) is 27.7 Å². The fraction of sp³-hybridized carbons (Fsp3) is 0.250. The van der Waals surface area contributed by atoms with Crippen LogP contribution in [0.1, 0.15) is 5.56 Å². The average Bonchev–Trinajstić information content (AvgIpc) is 2.37. The number of carboxylic acids is 1. The molecule has 0 radical (unpaired) electrons. The molecular formula is C12H8BrF3O4. The Balaban J connectivity index is 2.65. The van der Waals surface area contributed by atoms with Gasteiger partial charge >= 0.3 is 12.1 Å². The Hall–Kier alpha value is -1.70. The predicted octanol–water partition coefficient (Wildman–Crippen LogP) is 3.25. The summed E-state index contributed by atoms with van der Waals surface area (Å²) in [6.07, 6.45) is -6.43. The van der Waals surface area contributed by atoms with E-state index in [2.05, 4.69) is 15.9 Å². The van der Waals surface area contributed by atoms with Crippen molar-refractivity contribution in [2.45, 2.75) is 12.3 Å². The molecular weight excluding hydrogens is 345 g/mol. The number of methoxy groups -OCH3 is 1. The van der Waals surface area contributed by atoms with E-state index in [1.807, 2.05) is 0 Å². The second kappa shape index (κ2) is 5.01. The lowest BCUT2D eigenvalue weighted by Gasteiger charge is -2.28. The van der Waals surface area contributed by atoms with Gasteiger partial charge in [-0.1, -0.05) is 15.9 Å². The van der Waals surface area contributed by atoms with Gasteiger partial charge in [0, 0.05) is 10.0 Å². The lowest BCUT2D eigenvalue weighted by atomic mass is 10.0. The van der Waals surface area contributed by atoms with Crippen molar-refractivity contribution in [2.24, 2.45) is 0 Å². The molecule has 20 heavy (non-hydrogen) atoms. The third kappa shape index (κ3) is 2.47. The number of carboxylic acid groups (broad SMARTS) is 1. The van der Waals surface area contributed by atoms with Gasteiger partial charge in [-0.2, -0.15) is 13.2 Å². The first kappa shape index (κ1) is 14.7. The number of hydrogen-bond acceptors (Lipinski definition) is 3. The number of rotatable bonds is 2. The highest BCUT2D eigenvalue weighted by molar-refractivity contribution is 9.10. The maximum atomic E-state index is 12.9. The van der Waals surface area contributed by atoms with Crippen LogP contribution in [0.25, 0.3) is 6.08 Å². The van der Waals surface area contributed by atoms with Gasteiger partial charge in [-0.25, -0.2) is 4.79 Å². The number of carbonyl (C=O) groups is 1. The molecule has 0 amide bonds. The van der Waals surface area contributed by atoms with Crippen LogP contribution in [0, 0.1) is 0 Å². The molecule has 0 saturated carbocycles. The molecule has 0 saturated heterocycles. The van der Waals surface area contributed by atoms with Gasteiger partial charge in [0.25, 0.3) is 0 Å². The molecule has 108 valence electrons. The molecule has 0 spiro atoms. The van der Waals surface area contributed by atoms with Crippen molar-refractivity contribution in [3.8, 4) is 11.5 Å². The zero-order valence-corrected chi connectivity index (χ0v) is 11.6. The topological polar surface area (TPSA) is 55.8 Å². The van der Waals surface area contributed by atoms with Crippen molar-refractivity contribution in [2.75, 3.05) is 7.11 Å². The number of aliphatic carboxylic acids is 1. The summed E-state index contributed by atoms with van der Waals surface area (Å²) in [6, 6.07) is 2.96. The fourth-order valence-electron chi connectivity index (χ4n) is 1.80. The Morgan fingerprint density at radius 1 is 1.45 bits per heavy atom. The van der Waals surface area contributed by atoms with E-state index in [-0.39, 0.29) is 17.1 Å². The Morgan fingerprint density at radius 3 is 2.60 bits per heavy atom. The Kier molecular flexibility index (Phi) is 3.68. The van der Waals surface area contributed by atoms with Crippen molar-refractivity contribution in [1.29, 1.82) is 0 Å². The highest BCUT2D eigenvalue weighted by Crippen LogP contribution is 2.44. The summed E-state index contributed by atoms with van der Waals surface area (Å²) in [7, 11) is 1.28. The lowest BCUT2D eigenvalue weighted by molar-refractivity contribution is -0.187. The van der Waals surface area contributed by atoms with Crippen molar-refractivity contribution in [1.82, 2.24) is 0 Å². The fourth-order valence-corrected chi connectivity index (χ4v) is 2.23. The van der Waals surface area contributed by atoms with Crippen LogP contribution in [0.5, 0.6) is 11.5 Å². The molecule has 1 atom stereocenters. The van der Waals surface area contributed by atoms with Crippen molar-refractivity contribution < 1.29 is 32.5 Å². The van der Waals surface area contributed by atoms with Crippen LogP contribution in [-0.2, 0) is 4.79 Å². The van der Waals surface area contributed by atoms with Gasteiger partial charge in [-0.05, 0) is 18.2 Å². The Labute approximate surface area is 119 Å². The molecule has 0 aliphatic carbocycles. The normalized spacial score (nSPS) is 17.9. The van der Waals surface area contributed by atoms with Gasteiger partial charge in [0.1, 0.15) is 0 Å². The Bertz CT molecular complexity index is 595. The first-order chi connectivity index (χ1) is 9.25. The predicted molar refractivity (Wildman–Crippen MR) is 66.8 cm³/mol. The summed E-state index contributed by atoms with van der Waals surface area (Å²) in [5.74, 6) is -1.74. The first-order valence-electron chi connectivity index (χ1n) is 5.30. The standard InChI is InChI=1S/C12H8BrF3O4/c1-19-8-3-2-7(13)5-4-6(11(17)18)10(12(14,15)16)20-9(5)8/h2-4,10H,1H3,(H,17,18). The van der Waals surface area contributed by atoms with Crippen molar-refractivity contribution in [3.63, 3.8) is 0 Å². The monoisotopic (exact) mass is 352 g/mol. The van der Waals surface area contributed by atoms with E-state index in [1.54, 1.807) is 0 Å². The molecule has 0 aromatic heterocycles. The molecule has 1 heterocycles. The molecule has 0 bridgehead atoms. The lowest BCUT2D eigenvalue weighted by Crippen LogP contribution is -2.40. The molecule has 1 aliphatic rings. The second-order valence-electron chi connectivity index (χ2n) is 3.94. The van der Waals surface area contributed by atoms with Gasteiger partial charge in [-0.15, -0.1) is 0 Å². The molecule has 4 nitrogen and oxygen atoms in total. The van der Waals surface area contributed by atoms with Crippen LogP contribution in [0.3, 0.4) is 0 Å². The molecule has 2 rings (SSSR count). The number of ether oxygens (including phenoxy) is 2. The van der Waals surface area contributed by atoms with E-state index in [9.17, 15) is 18.0 Å². The van der Waals surface area contributed by atoms with E-state index in [1.165, 1.54) is 19.2 Å². The van der Waals surface area contributed by atoms with Gasteiger partial charge in [0.2, 0.25) is 6.10 Å². The first-order valence-corrected chi connectivity index (χ1v) is 6.09. The summed E-state index contributed by atoms with van der Waals surface area (Å²) in [6.45, 7) is 0. The molecule has 1 unspecified atom stereocenters. The van der Waals surface area contributed by atoms with Crippen LogP contribution in [0.2, 0.25) is 0 Å². The van der Waals surface area contributed by atoms with Crippen LogP contribution < -0.4 is 9.47 Å². The minimum absolute atomic E-state index is 0.0955. The van der Waals surface area contributed by atoms with E-state index in [0.717, 1.165) is 6.08 Å². The maximum absolute atomic E-state index is 12.9. The molecule has 8 heteroatoms. The summed E-state index contributed by atoms with van der Waals surface area (Å²) < 4.78 is 48.9. The van der Waals surface area contributed by atoms with Crippen LogP contribution in [0.15, 0.2) is 22.2 Å². The average molecular weight is 353 g/mol. The minimum atomic E-state index is -4.84. The third-order valence-corrected chi connectivity index (χ3v) is 3.38. The van der Waals surface area contributed by atoms with Crippen LogP contribution >= 0.6 is 15.9 Å². The van der Waals surface area contributed by atoms with Gasteiger partial charge < -0.3 is 14.6 Å². The second-order valence-corrected chi connectivity index (χ2v) is 4.79. The minimum Gasteiger partial charge on any atom is -0.493 e. The zero-order valence-electron chi connectivity index (χ0n) is 9.99. The molecule has 1 aliphatic heterocycles. The van der Waals surface area contributed by atoms with E-state index in [0.29, 0.717) is 4.47 Å². The number of fused-ring (bicyclic) bond motifs is 1. The molecule has 1 N–H and O–H groups in total. The maximum Gasteiger partial charge on any atom is 0.430 e. The highest BCUT2D eigenvalue weighted by Gasteiger charge is 2.49. The number of benzene rings is 1. The smallest absolute Gasteiger partial charge is 0.430 e. The van der Waals surface area contributed by atoms with Gasteiger partial charge in [0.05, 0.1) is 12.7 Å². The van der Waals surface area contributed by atoms with Crippen LogP contribution in [0.4, 0.5) is 13.2 Å². The summed E-state index contributed by atoms with van der Waals surface area (Å²) >= 11 is 3.14. The SMILES string of the molecule is COc1ccc(Br)c2c1OC(C(F)(F)F)C(C(=O)O)=C2. The zero-order chi connectivity index (χ0) is 15.1. The van der Waals surface area contributed by atoms with Gasteiger partial charge in [0.15, 0.2) is 11.5 Å². The summed E-state index contributed by atoms with van der Waals surface area (Å²) in [4.78, 5) is 11.0. The third-order valence-electron chi connectivity index (χ3n) is 2.69. The Morgan fingerprint density at radius 2 is 2.10 bits per heavy atom. The van der Waals surface area contributed by atoms with E-state index >= 15 is 0 Å². The molecule has 1 aromatic carbocycles. The van der Waals surface area contributed by atoms with Gasteiger partial charge in [-0.3, -0.25) is 0 Å². The summed E-state index contributed by atoms with van der Waals surface area (Å²) in [5, 5.41) is 8.92. The summed E-state index contributed by atoms with van der Waals surface area (Å²) in [5.41, 5.74) is -0.679. The van der Waals surface area contributed by atoms with E-state index in [4.69, 9.17) is 14.6 Å². The largest absolute Gasteiger partial charge is 0.493 e. The number of alkyl halides is 3. The van der Waals surface area contributed by atoms with E-state index < -0.39 is 23.8 Å². The number of hydrogen-bond donors (Lipinski definition) is 1. The quantitative estimate of drug-likeness (QED) is 0.887. The molecule has 1 aromatic rings. The molecule has 0 fully saturated rings. The van der Waals surface area contributed by atoms with Crippen molar-refractivity contribution >= 4 is 28.0 Å². The highest BCUT2D eigenvalue weighted by atomic mass is 79.9. The van der Waals surface area contributed by atoms with Crippen LogP contribution in [-0.4, -0.2) is 30.5 Å². The number of halogens is 4.